The van der Waals surface area contributed by atoms with Crippen LogP contribution in [0.15, 0.2) is 85.4 Å². The molecule has 0 aliphatic rings. The summed E-state index contributed by atoms with van der Waals surface area (Å²) >= 11 is 0. The van der Waals surface area contributed by atoms with E-state index in [9.17, 15) is 4.39 Å². The van der Waals surface area contributed by atoms with Gasteiger partial charge in [-0.15, -0.1) is 0 Å². The third-order valence-corrected chi connectivity index (χ3v) is 5.98. The molecule has 5 aromatic rings. The molecule has 0 unspecified atom stereocenters. The fourth-order valence-corrected chi connectivity index (χ4v) is 4.28. The van der Waals surface area contributed by atoms with Crippen LogP contribution in [-0.2, 0) is 0 Å². The van der Waals surface area contributed by atoms with Crippen molar-refractivity contribution in [3.8, 4) is 22.6 Å². The Morgan fingerprint density at radius 2 is 1.89 bits per heavy atom. The molecule has 0 radical (unpaired) electrons. The van der Waals surface area contributed by atoms with Crippen LogP contribution in [0.25, 0.3) is 50.2 Å². The van der Waals surface area contributed by atoms with Crippen LogP contribution in [0.3, 0.4) is 0 Å². The van der Waals surface area contributed by atoms with Crippen LogP contribution >= 0.6 is 0 Å². The zero-order valence-corrected chi connectivity index (χ0v) is 20.4. The van der Waals surface area contributed by atoms with Crippen LogP contribution < -0.4 is 5.32 Å². The number of aromatic nitrogens is 5. The van der Waals surface area contributed by atoms with Gasteiger partial charge in [-0.2, -0.15) is 5.10 Å². The topological polar surface area (TPSA) is 82.3 Å². The number of H-pyrrole nitrogens is 2. The third kappa shape index (κ3) is 4.43. The molecule has 0 aliphatic carbocycles. The van der Waals surface area contributed by atoms with Gasteiger partial charge in [-0.05, 0) is 81.0 Å². The van der Waals surface area contributed by atoms with Crippen molar-refractivity contribution in [2.45, 2.75) is 26.8 Å². The molecule has 0 saturated carbocycles. The highest BCUT2D eigenvalue weighted by Crippen LogP contribution is 2.33. The Balaban J connectivity index is 1.58. The molecule has 180 valence electrons. The predicted octanol–water partition coefficient (Wildman–Crippen LogP) is 6.78. The van der Waals surface area contributed by atoms with Crippen molar-refractivity contribution in [3.63, 3.8) is 0 Å². The van der Waals surface area contributed by atoms with Crippen molar-refractivity contribution in [3.05, 3.63) is 96.7 Å². The molecule has 4 heterocycles. The zero-order chi connectivity index (χ0) is 25.2. The summed E-state index contributed by atoms with van der Waals surface area (Å²) in [6.07, 6.45) is 9.52. The average molecular weight is 479 g/mol. The Hall–Kier alpha value is -4.52. The molecule has 0 saturated heterocycles. The fourth-order valence-electron chi connectivity index (χ4n) is 4.28. The first kappa shape index (κ1) is 23.2. The first-order chi connectivity index (χ1) is 17.5. The summed E-state index contributed by atoms with van der Waals surface area (Å²) in [7, 11) is 0. The van der Waals surface area contributed by atoms with Gasteiger partial charge in [0.05, 0.1) is 17.1 Å². The van der Waals surface area contributed by atoms with E-state index in [2.05, 4.69) is 69.1 Å². The molecule has 36 heavy (non-hydrogen) atoms. The van der Waals surface area contributed by atoms with Gasteiger partial charge in [-0.3, -0.25) is 10.1 Å². The number of nitrogens with zero attached hydrogens (tertiary/aromatic N) is 3. The molecule has 3 N–H and O–H groups in total. The van der Waals surface area contributed by atoms with Gasteiger partial charge in [0.1, 0.15) is 5.82 Å². The van der Waals surface area contributed by atoms with Crippen LogP contribution in [0.1, 0.15) is 26.3 Å². The molecule has 1 aromatic carbocycles. The van der Waals surface area contributed by atoms with Gasteiger partial charge in [-0.25, -0.2) is 9.37 Å². The van der Waals surface area contributed by atoms with E-state index in [0.717, 1.165) is 55.8 Å². The molecule has 0 spiro atoms. The van der Waals surface area contributed by atoms with Crippen LogP contribution in [0.4, 0.5) is 4.39 Å². The van der Waals surface area contributed by atoms with Gasteiger partial charge >= 0.3 is 0 Å². The van der Waals surface area contributed by atoms with E-state index in [1.54, 1.807) is 18.3 Å². The third-order valence-electron chi connectivity index (χ3n) is 5.98. The molecule has 0 aliphatic heterocycles. The van der Waals surface area contributed by atoms with E-state index in [0.29, 0.717) is 11.7 Å². The molecule has 0 atom stereocenters. The quantitative estimate of drug-likeness (QED) is 0.225. The summed E-state index contributed by atoms with van der Waals surface area (Å²) in [5.41, 5.74) is 7.85. The van der Waals surface area contributed by atoms with Crippen molar-refractivity contribution in [1.82, 2.24) is 30.5 Å². The monoisotopic (exact) mass is 478 g/mol. The lowest BCUT2D eigenvalue weighted by atomic mass is 10.0. The number of aromatic amines is 2. The van der Waals surface area contributed by atoms with Crippen molar-refractivity contribution >= 4 is 27.5 Å². The zero-order valence-electron chi connectivity index (χ0n) is 20.4. The molecule has 7 heteroatoms. The van der Waals surface area contributed by atoms with Crippen molar-refractivity contribution < 1.29 is 4.39 Å². The van der Waals surface area contributed by atoms with Crippen LogP contribution in [0.2, 0.25) is 0 Å². The fraction of sp³-hybridized carbons (Fsp3) is 0.138. The van der Waals surface area contributed by atoms with E-state index in [1.807, 2.05) is 31.3 Å². The van der Waals surface area contributed by atoms with E-state index in [1.165, 1.54) is 12.1 Å². The van der Waals surface area contributed by atoms with Gasteiger partial charge < -0.3 is 10.3 Å². The molecule has 0 fully saturated rings. The minimum absolute atomic E-state index is 0.275. The molecule has 5 rings (SSSR count). The van der Waals surface area contributed by atoms with Crippen molar-refractivity contribution in [2.75, 3.05) is 0 Å². The van der Waals surface area contributed by atoms with E-state index < -0.39 is 0 Å². The van der Waals surface area contributed by atoms with E-state index in [-0.39, 0.29) is 5.82 Å². The molecule has 0 bridgehead atoms. The normalized spacial score (nSPS) is 12.6. The SMILES string of the molecule is C=C/C(=C\C(=C/C)c1cnc2n[nH]c(-c3cc4c(-c5ccc(F)cc5)nccc4[nH]3)c2c1)NC(C)C. The summed E-state index contributed by atoms with van der Waals surface area (Å²) in [6.45, 7) is 10.1. The first-order valence-electron chi connectivity index (χ1n) is 11.8. The first-order valence-corrected chi connectivity index (χ1v) is 11.8. The second-order valence-corrected chi connectivity index (χ2v) is 8.85. The van der Waals surface area contributed by atoms with Gasteiger partial charge in [0.2, 0.25) is 0 Å². The highest BCUT2D eigenvalue weighted by Gasteiger charge is 2.15. The summed E-state index contributed by atoms with van der Waals surface area (Å²) in [4.78, 5) is 12.6. The minimum Gasteiger partial charge on any atom is -0.383 e. The second kappa shape index (κ2) is 9.62. The summed E-state index contributed by atoms with van der Waals surface area (Å²) in [5, 5.41) is 12.8. The number of halogens is 1. The van der Waals surface area contributed by atoms with E-state index in [4.69, 9.17) is 0 Å². The Kier molecular flexibility index (Phi) is 6.21. The largest absolute Gasteiger partial charge is 0.383 e. The smallest absolute Gasteiger partial charge is 0.181 e. The number of allylic oxidation sites excluding steroid dienone is 4. The Morgan fingerprint density at radius 1 is 1.08 bits per heavy atom. The highest BCUT2D eigenvalue weighted by atomic mass is 19.1. The minimum atomic E-state index is -0.275. The van der Waals surface area contributed by atoms with Gasteiger partial charge in [0.15, 0.2) is 5.65 Å². The maximum atomic E-state index is 13.5. The molecular formula is C29H27FN6. The van der Waals surface area contributed by atoms with Crippen molar-refractivity contribution in [2.24, 2.45) is 0 Å². The molecule has 0 amide bonds. The number of hydrogen-bond donors (Lipinski definition) is 3. The predicted molar refractivity (Wildman–Crippen MR) is 145 cm³/mol. The van der Waals surface area contributed by atoms with Crippen molar-refractivity contribution in [1.29, 1.82) is 0 Å². The Morgan fingerprint density at radius 3 is 2.61 bits per heavy atom. The summed E-state index contributed by atoms with van der Waals surface area (Å²) in [5.74, 6) is -0.275. The maximum Gasteiger partial charge on any atom is 0.181 e. The number of benzene rings is 1. The molecule has 6 nitrogen and oxygen atoms in total. The maximum absolute atomic E-state index is 13.5. The summed E-state index contributed by atoms with van der Waals surface area (Å²) in [6, 6.07) is 12.7. The lowest BCUT2D eigenvalue weighted by Crippen LogP contribution is -2.20. The van der Waals surface area contributed by atoms with Crippen LogP contribution in [0.5, 0.6) is 0 Å². The second-order valence-electron chi connectivity index (χ2n) is 8.85. The standard InChI is InChI=1S/C29H27FN6/c1-5-18(13-22(6-2)33-17(3)4)20-14-24-28(35-36-29(24)32-16-20)26-15-23-25(34-26)11-12-31-27(23)19-7-9-21(30)10-8-19/h5-17,33-34H,2H2,1,3-4H3,(H,32,35,36)/b18-5+,22-13+. The number of pyridine rings is 2. The Labute approximate surface area is 208 Å². The number of fused-ring (bicyclic) bond motifs is 2. The van der Waals surface area contributed by atoms with Gasteiger partial charge in [-0.1, -0.05) is 12.7 Å². The molecule has 4 aromatic heterocycles. The Bertz CT molecular complexity index is 1620. The lowest BCUT2D eigenvalue weighted by molar-refractivity contribution is 0.628. The molecular weight excluding hydrogens is 451 g/mol. The number of nitrogens with one attached hydrogen (secondary N) is 3. The number of rotatable bonds is 7. The highest BCUT2D eigenvalue weighted by molar-refractivity contribution is 5.99. The van der Waals surface area contributed by atoms with Gasteiger partial charge in [0.25, 0.3) is 0 Å². The van der Waals surface area contributed by atoms with E-state index >= 15 is 0 Å². The lowest BCUT2D eigenvalue weighted by Gasteiger charge is -2.12. The van der Waals surface area contributed by atoms with Crippen LogP contribution in [0, 0.1) is 5.82 Å². The number of hydrogen-bond acceptors (Lipinski definition) is 4. The van der Waals surface area contributed by atoms with Crippen LogP contribution in [-0.4, -0.2) is 31.2 Å². The van der Waals surface area contributed by atoms with Gasteiger partial charge in [0, 0.05) is 51.5 Å². The average Bonchev–Trinajstić information content (AvgIpc) is 3.50. The summed E-state index contributed by atoms with van der Waals surface area (Å²) < 4.78 is 13.5.